The molecular weight excluding hydrogens is 242 g/mol. The molecule has 0 amide bonds. The van der Waals surface area contributed by atoms with Crippen molar-refractivity contribution in [3.63, 3.8) is 0 Å². The highest BCUT2D eigenvalue weighted by Gasteiger charge is 2.13. The molecule has 1 unspecified atom stereocenters. The molecule has 0 aliphatic heterocycles. The van der Waals surface area contributed by atoms with Crippen molar-refractivity contribution in [2.24, 2.45) is 0 Å². The number of anilines is 1. The Bertz CT molecular complexity index is 480. The van der Waals surface area contributed by atoms with Crippen LogP contribution in [0.2, 0.25) is 0 Å². The third kappa shape index (κ3) is 4.25. The predicted octanol–water partition coefficient (Wildman–Crippen LogP) is 3.85. The predicted molar refractivity (Wildman–Crippen MR) is 75.0 cm³/mol. The summed E-state index contributed by atoms with van der Waals surface area (Å²) in [6.07, 6.45) is 4.25. The van der Waals surface area contributed by atoms with Crippen molar-refractivity contribution < 1.29 is 4.92 Å². The van der Waals surface area contributed by atoms with Gasteiger partial charge in [-0.25, -0.2) is 0 Å². The molecular formula is C14H19N3O2. The number of nitrogens with one attached hydrogen (secondary N) is 1. The van der Waals surface area contributed by atoms with Crippen LogP contribution in [0.3, 0.4) is 0 Å². The van der Waals surface area contributed by atoms with E-state index in [0.29, 0.717) is 17.3 Å². The lowest BCUT2D eigenvalue weighted by molar-refractivity contribution is -0.384. The van der Waals surface area contributed by atoms with Crippen LogP contribution in [0.1, 0.15) is 45.1 Å². The number of nitro benzene ring substituents is 1. The zero-order valence-electron chi connectivity index (χ0n) is 11.3. The molecule has 5 nitrogen and oxygen atoms in total. The topological polar surface area (TPSA) is 79.0 Å². The molecule has 102 valence electrons. The van der Waals surface area contributed by atoms with Crippen LogP contribution in [0.15, 0.2) is 18.2 Å². The number of rotatable bonds is 7. The van der Waals surface area contributed by atoms with Gasteiger partial charge in [0.05, 0.1) is 16.2 Å². The Kier molecular flexibility index (Phi) is 5.80. The molecule has 0 aliphatic rings. The van der Waals surface area contributed by atoms with Gasteiger partial charge in [0.2, 0.25) is 0 Å². The van der Waals surface area contributed by atoms with Crippen LogP contribution in [0.4, 0.5) is 11.4 Å². The van der Waals surface area contributed by atoms with E-state index in [-0.39, 0.29) is 5.69 Å². The Morgan fingerprint density at radius 2 is 2.21 bits per heavy atom. The quantitative estimate of drug-likeness (QED) is 0.597. The summed E-state index contributed by atoms with van der Waals surface area (Å²) in [5, 5.41) is 23.1. The van der Waals surface area contributed by atoms with Crippen LogP contribution in [-0.4, -0.2) is 11.0 Å². The maximum absolute atomic E-state index is 10.7. The van der Waals surface area contributed by atoms with Gasteiger partial charge in [-0.2, -0.15) is 5.26 Å². The molecule has 1 aromatic carbocycles. The highest BCUT2D eigenvalue weighted by Crippen LogP contribution is 2.23. The summed E-state index contributed by atoms with van der Waals surface area (Å²) in [5.74, 6) is 0. The van der Waals surface area contributed by atoms with E-state index in [1.807, 2.05) is 6.07 Å². The van der Waals surface area contributed by atoms with Gasteiger partial charge in [0, 0.05) is 18.2 Å². The molecule has 0 bridgehead atoms. The van der Waals surface area contributed by atoms with E-state index in [1.54, 1.807) is 6.07 Å². The molecule has 0 spiro atoms. The first-order valence-electron chi connectivity index (χ1n) is 6.57. The van der Waals surface area contributed by atoms with Gasteiger partial charge < -0.3 is 5.32 Å². The average Bonchev–Trinajstić information content (AvgIpc) is 2.43. The molecule has 0 aliphatic carbocycles. The van der Waals surface area contributed by atoms with Crippen LogP contribution in [0.25, 0.3) is 0 Å². The minimum Gasteiger partial charge on any atom is -0.381 e. The average molecular weight is 261 g/mol. The zero-order valence-corrected chi connectivity index (χ0v) is 11.3. The summed E-state index contributed by atoms with van der Waals surface area (Å²) in [6.45, 7) is 4.23. The van der Waals surface area contributed by atoms with E-state index in [2.05, 4.69) is 19.2 Å². The first kappa shape index (κ1) is 15.0. The van der Waals surface area contributed by atoms with Crippen LogP contribution >= 0.6 is 0 Å². The first-order chi connectivity index (χ1) is 9.12. The summed E-state index contributed by atoms with van der Waals surface area (Å²) in [6, 6.07) is 6.67. The van der Waals surface area contributed by atoms with Crippen molar-refractivity contribution >= 4 is 11.4 Å². The second-order valence-electron chi connectivity index (χ2n) is 4.49. The van der Waals surface area contributed by atoms with E-state index in [4.69, 9.17) is 5.26 Å². The van der Waals surface area contributed by atoms with Crippen LogP contribution in [0, 0.1) is 21.4 Å². The lowest BCUT2D eigenvalue weighted by atomic mass is 10.1. The molecule has 0 aromatic heterocycles. The fourth-order valence-corrected chi connectivity index (χ4v) is 1.91. The summed E-state index contributed by atoms with van der Waals surface area (Å²) >= 11 is 0. The fourth-order valence-electron chi connectivity index (χ4n) is 1.91. The number of benzene rings is 1. The van der Waals surface area contributed by atoms with Crippen molar-refractivity contribution in [2.75, 3.05) is 5.32 Å². The summed E-state index contributed by atoms with van der Waals surface area (Å²) in [4.78, 5) is 10.2. The number of unbranched alkanes of at least 4 members (excludes halogenated alkanes) is 1. The van der Waals surface area contributed by atoms with Gasteiger partial charge in [-0.3, -0.25) is 10.1 Å². The minimum absolute atomic E-state index is 0.0521. The van der Waals surface area contributed by atoms with Gasteiger partial charge in [0.15, 0.2) is 0 Å². The van der Waals surface area contributed by atoms with Crippen LogP contribution in [-0.2, 0) is 0 Å². The van der Waals surface area contributed by atoms with E-state index < -0.39 is 4.92 Å². The smallest absolute Gasteiger partial charge is 0.270 e. The number of non-ortho nitro benzene ring substituents is 1. The number of hydrogen-bond acceptors (Lipinski definition) is 4. The summed E-state index contributed by atoms with van der Waals surface area (Å²) in [5.41, 5.74) is 0.948. The van der Waals surface area contributed by atoms with Gasteiger partial charge in [-0.1, -0.05) is 26.7 Å². The molecule has 0 fully saturated rings. The third-order valence-electron chi connectivity index (χ3n) is 3.09. The van der Waals surface area contributed by atoms with Crippen LogP contribution < -0.4 is 5.32 Å². The Balaban J connectivity index is 2.88. The van der Waals surface area contributed by atoms with Gasteiger partial charge >= 0.3 is 0 Å². The van der Waals surface area contributed by atoms with Crippen molar-refractivity contribution in [1.29, 1.82) is 5.26 Å². The number of nitrogens with zero attached hydrogens (tertiary/aromatic N) is 2. The largest absolute Gasteiger partial charge is 0.381 e. The summed E-state index contributed by atoms with van der Waals surface area (Å²) in [7, 11) is 0. The molecule has 0 heterocycles. The second-order valence-corrected chi connectivity index (χ2v) is 4.49. The molecule has 1 aromatic rings. The van der Waals surface area contributed by atoms with Gasteiger partial charge in [0.25, 0.3) is 5.69 Å². The Labute approximate surface area is 113 Å². The summed E-state index contributed by atoms with van der Waals surface area (Å²) < 4.78 is 0. The number of nitro groups is 1. The maximum atomic E-state index is 10.7. The highest BCUT2D eigenvalue weighted by atomic mass is 16.6. The van der Waals surface area contributed by atoms with Crippen molar-refractivity contribution in [1.82, 2.24) is 0 Å². The normalized spacial score (nSPS) is 11.6. The first-order valence-corrected chi connectivity index (χ1v) is 6.57. The SMILES string of the molecule is CCCCC(CC)Nc1ccc([N+](=O)[O-])cc1C#N. The maximum Gasteiger partial charge on any atom is 0.270 e. The molecule has 0 saturated heterocycles. The Morgan fingerprint density at radius 3 is 2.74 bits per heavy atom. The molecule has 5 heteroatoms. The highest BCUT2D eigenvalue weighted by molar-refractivity contribution is 5.61. The molecule has 0 radical (unpaired) electrons. The van der Waals surface area contributed by atoms with E-state index in [1.165, 1.54) is 12.1 Å². The fraction of sp³-hybridized carbons (Fsp3) is 0.500. The standard InChI is InChI=1S/C14H19N3O2/c1-3-5-6-12(4-2)16-14-8-7-13(17(18)19)9-11(14)10-15/h7-9,12,16H,3-6H2,1-2H3. The van der Waals surface area contributed by atoms with Gasteiger partial charge in [0.1, 0.15) is 6.07 Å². The lowest BCUT2D eigenvalue weighted by Crippen LogP contribution is -2.18. The third-order valence-corrected chi connectivity index (χ3v) is 3.09. The van der Waals surface area contributed by atoms with Gasteiger partial charge in [-0.05, 0) is 18.9 Å². The molecule has 1 atom stereocenters. The molecule has 1 rings (SSSR count). The Hall–Kier alpha value is -2.09. The Morgan fingerprint density at radius 1 is 1.47 bits per heavy atom. The number of nitriles is 1. The minimum atomic E-state index is -0.487. The van der Waals surface area contributed by atoms with Crippen molar-refractivity contribution in [2.45, 2.75) is 45.6 Å². The molecule has 0 saturated carbocycles. The van der Waals surface area contributed by atoms with Crippen molar-refractivity contribution in [3.05, 3.63) is 33.9 Å². The molecule has 1 N–H and O–H groups in total. The second kappa shape index (κ2) is 7.37. The van der Waals surface area contributed by atoms with Gasteiger partial charge in [-0.15, -0.1) is 0 Å². The van der Waals surface area contributed by atoms with E-state index in [0.717, 1.165) is 25.7 Å². The number of hydrogen-bond donors (Lipinski definition) is 1. The van der Waals surface area contributed by atoms with Crippen LogP contribution in [0.5, 0.6) is 0 Å². The van der Waals surface area contributed by atoms with Crippen molar-refractivity contribution in [3.8, 4) is 6.07 Å². The lowest BCUT2D eigenvalue weighted by Gasteiger charge is -2.18. The monoisotopic (exact) mass is 261 g/mol. The molecule has 19 heavy (non-hydrogen) atoms. The van der Waals surface area contributed by atoms with E-state index in [9.17, 15) is 10.1 Å². The zero-order chi connectivity index (χ0) is 14.3. The van der Waals surface area contributed by atoms with E-state index >= 15 is 0 Å².